The molecule has 0 aromatic heterocycles. The maximum atomic E-state index is 12.4. The summed E-state index contributed by atoms with van der Waals surface area (Å²) >= 11 is 0. The molecule has 100 valence electrons. The van der Waals surface area contributed by atoms with Crippen LogP contribution in [0.25, 0.3) is 0 Å². The van der Waals surface area contributed by atoms with E-state index in [0.29, 0.717) is 5.92 Å². The van der Waals surface area contributed by atoms with Gasteiger partial charge in [-0.2, -0.15) is 5.26 Å². The third kappa shape index (κ3) is 3.02. The Balaban J connectivity index is 2.80. The predicted octanol–water partition coefficient (Wildman–Crippen LogP) is 4.12. The molecule has 18 heavy (non-hydrogen) atoms. The van der Waals surface area contributed by atoms with Crippen molar-refractivity contribution in [2.75, 3.05) is 0 Å². The van der Waals surface area contributed by atoms with E-state index in [1.165, 1.54) is 0 Å². The molecule has 1 aliphatic carbocycles. The lowest BCUT2D eigenvalue weighted by Crippen LogP contribution is -2.43. The monoisotopic (exact) mass is 247 g/mol. The highest BCUT2D eigenvalue weighted by Crippen LogP contribution is 2.46. The first-order valence-corrected chi connectivity index (χ1v) is 7.00. The van der Waals surface area contributed by atoms with E-state index in [2.05, 4.69) is 33.4 Å². The highest BCUT2D eigenvalue weighted by Gasteiger charge is 2.46. The minimum Gasteiger partial charge on any atom is -0.298 e. The second-order valence-electron chi connectivity index (χ2n) is 6.19. The van der Waals surface area contributed by atoms with Crippen LogP contribution in [0, 0.1) is 34.5 Å². The fourth-order valence-electron chi connectivity index (χ4n) is 3.13. The molecular weight excluding hydrogens is 222 g/mol. The van der Waals surface area contributed by atoms with Gasteiger partial charge in [-0.3, -0.25) is 4.79 Å². The van der Waals surface area contributed by atoms with Crippen molar-refractivity contribution in [1.29, 1.82) is 5.26 Å². The van der Waals surface area contributed by atoms with Crippen LogP contribution in [0.1, 0.15) is 52.9 Å². The summed E-state index contributed by atoms with van der Waals surface area (Å²) in [5.41, 5.74) is -0.125. The van der Waals surface area contributed by atoms with Crippen LogP contribution >= 0.6 is 0 Å². The van der Waals surface area contributed by atoms with Gasteiger partial charge in [-0.15, -0.1) is 6.58 Å². The number of allylic oxidation sites excluding steroid dienone is 1. The summed E-state index contributed by atoms with van der Waals surface area (Å²) in [5, 5.41) is 9.36. The first-order chi connectivity index (χ1) is 8.46. The molecule has 0 amide bonds. The normalized spacial score (nSPS) is 32.3. The second kappa shape index (κ2) is 6.18. The number of hydrogen-bond acceptors (Lipinski definition) is 2. The smallest absolute Gasteiger partial charge is 0.153 e. The summed E-state index contributed by atoms with van der Waals surface area (Å²) in [4.78, 5) is 12.4. The standard InChI is InChI=1S/C16H25NO/c1-5-6-7-9-16(4)10-8-13(12(2)3)15(18)14(16)11-17/h5,12-14H,1,6-10H2,2-4H3/t13?,14-,16-/m1/s1. The van der Waals surface area contributed by atoms with E-state index in [1.807, 2.05) is 6.08 Å². The fourth-order valence-corrected chi connectivity index (χ4v) is 3.13. The summed E-state index contributed by atoms with van der Waals surface area (Å²) in [6, 6.07) is 2.28. The van der Waals surface area contributed by atoms with Gasteiger partial charge < -0.3 is 0 Å². The van der Waals surface area contributed by atoms with Crippen LogP contribution in [0.3, 0.4) is 0 Å². The lowest BCUT2D eigenvalue weighted by atomic mass is 9.60. The van der Waals surface area contributed by atoms with E-state index in [9.17, 15) is 10.1 Å². The number of nitriles is 1. The minimum atomic E-state index is -0.413. The van der Waals surface area contributed by atoms with Crippen LogP contribution < -0.4 is 0 Å². The molecule has 1 unspecified atom stereocenters. The van der Waals surface area contributed by atoms with Gasteiger partial charge in [0.05, 0.1) is 6.07 Å². The Morgan fingerprint density at radius 1 is 1.61 bits per heavy atom. The molecule has 2 nitrogen and oxygen atoms in total. The highest BCUT2D eigenvalue weighted by molar-refractivity contribution is 5.87. The Kier molecular flexibility index (Phi) is 5.14. The van der Waals surface area contributed by atoms with Crippen molar-refractivity contribution >= 4 is 5.78 Å². The lowest BCUT2D eigenvalue weighted by molar-refractivity contribution is -0.134. The van der Waals surface area contributed by atoms with Crippen molar-refractivity contribution in [3.05, 3.63) is 12.7 Å². The fraction of sp³-hybridized carbons (Fsp3) is 0.750. The number of Topliss-reactive ketones (excluding diaryl/α,β-unsaturated/α-hetero) is 1. The van der Waals surface area contributed by atoms with E-state index in [-0.39, 0.29) is 17.1 Å². The van der Waals surface area contributed by atoms with Crippen molar-refractivity contribution in [2.45, 2.75) is 52.9 Å². The van der Waals surface area contributed by atoms with Crippen LogP contribution in [0.4, 0.5) is 0 Å². The molecule has 0 bridgehead atoms. The third-order valence-corrected chi connectivity index (χ3v) is 4.46. The van der Waals surface area contributed by atoms with Crippen LogP contribution in [0.5, 0.6) is 0 Å². The third-order valence-electron chi connectivity index (χ3n) is 4.46. The van der Waals surface area contributed by atoms with Gasteiger partial charge in [0.2, 0.25) is 0 Å². The van der Waals surface area contributed by atoms with E-state index in [4.69, 9.17) is 0 Å². The van der Waals surface area contributed by atoms with Crippen molar-refractivity contribution in [3.8, 4) is 6.07 Å². The van der Waals surface area contributed by atoms with Crippen LogP contribution in [-0.2, 0) is 4.79 Å². The highest BCUT2D eigenvalue weighted by atomic mass is 16.1. The molecule has 0 spiro atoms. The molecule has 0 aromatic carbocycles. The molecule has 0 radical (unpaired) electrons. The van der Waals surface area contributed by atoms with Crippen molar-refractivity contribution in [3.63, 3.8) is 0 Å². The topological polar surface area (TPSA) is 40.9 Å². The number of unbranched alkanes of at least 4 members (excludes halogenated alkanes) is 1. The van der Waals surface area contributed by atoms with Crippen molar-refractivity contribution in [2.24, 2.45) is 23.2 Å². The van der Waals surface area contributed by atoms with Gasteiger partial charge in [-0.1, -0.05) is 26.8 Å². The summed E-state index contributed by atoms with van der Waals surface area (Å²) in [5.74, 6) is 0.205. The summed E-state index contributed by atoms with van der Waals surface area (Å²) in [6.07, 6.45) is 6.80. The van der Waals surface area contributed by atoms with E-state index < -0.39 is 5.92 Å². The number of nitrogens with zero attached hydrogens (tertiary/aromatic N) is 1. The molecule has 2 heteroatoms. The molecule has 1 rings (SSSR count). The molecule has 3 atom stereocenters. The second-order valence-corrected chi connectivity index (χ2v) is 6.19. The Labute approximate surface area is 111 Å². The van der Waals surface area contributed by atoms with Crippen LogP contribution in [-0.4, -0.2) is 5.78 Å². The minimum absolute atomic E-state index is 0.0853. The maximum Gasteiger partial charge on any atom is 0.153 e. The number of carbonyl (C=O) groups is 1. The first kappa shape index (κ1) is 15.0. The van der Waals surface area contributed by atoms with Gasteiger partial charge >= 0.3 is 0 Å². The van der Waals surface area contributed by atoms with E-state index in [0.717, 1.165) is 32.1 Å². The molecule has 0 heterocycles. The van der Waals surface area contributed by atoms with E-state index >= 15 is 0 Å². The quantitative estimate of drug-likeness (QED) is 0.541. The molecule has 0 aliphatic heterocycles. The summed E-state index contributed by atoms with van der Waals surface area (Å²) in [6.45, 7) is 9.99. The predicted molar refractivity (Wildman–Crippen MR) is 73.8 cm³/mol. The average Bonchev–Trinajstić information content (AvgIpc) is 2.29. The molecule has 0 saturated heterocycles. The van der Waals surface area contributed by atoms with Crippen LogP contribution in [0.2, 0.25) is 0 Å². The van der Waals surface area contributed by atoms with Crippen molar-refractivity contribution < 1.29 is 4.79 Å². The van der Waals surface area contributed by atoms with Gasteiger partial charge in [-0.25, -0.2) is 0 Å². The molecule has 0 aromatic rings. The van der Waals surface area contributed by atoms with Gasteiger partial charge in [0.25, 0.3) is 0 Å². The zero-order valence-corrected chi connectivity index (χ0v) is 11.9. The Bertz CT molecular complexity index is 353. The lowest BCUT2D eigenvalue weighted by Gasteiger charge is -2.41. The van der Waals surface area contributed by atoms with Crippen LogP contribution in [0.15, 0.2) is 12.7 Å². The summed E-state index contributed by atoms with van der Waals surface area (Å²) < 4.78 is 0. The zero-order valence-electron chi connectivity index (χ0n) is 11.9. The van der Waals surface area contributed by atoms with Gasteiger partial charge in [0, 0.05) is 5.92 Å². The first-order valence-electron chi connectivity index (χ1n) is 7.00. The molecular formula is C16H25NO. The Morgan fingerprint density at radius 2 is 2.28 bits per heavy atom. The number of hydrogen-bond donors (Lipinski definition) is 0. The molecule has 1 saturated carbocycles. The van der Waals surface area contributed by atoms with E-state index in [1.54, 1.807) is 0 Å². The number of rotatable bonds is 5. The Hall–Kier alpha value is -1.10. The Morgan fingerprint density at radius 3 is 2.78 bits per heavy atom. The van der Waals surface area contributed by atoms with Gasteiger partial charge in [0.15, 0.2) is 5.78 Å². The number of carbonyl (C=O) groups excluding carboxylic acids is 1. The largest absolute Gasteiger partial charge is 0.298 e. The SMILES string of the molecule is C=CCCC[C@]1(C)CCC(C(C)C)C(=O)[C@H]1C#N. The van der Waals surface area contributed by atoms with Gasteiger partial charge in [-0.05, 0) is 43.4 Å². The zero-order chi connectivity index (χ0) is 13.8. The molecule has 0 N–H and O–H groups in total. The average molecular weight is 247 g/mol. The molecule has 1 aliphatic rings. The number of ketones is 1. The molecule has 1 fully saturated rings. The summed E-state index contributed by atoms with van der Waals surface area (Å²) in [7, 11) is 0. The van der Waals surface area contributed by atoms with Crippen molar-refractivity contribution in [1.82, 2.24) is 0 Å². The van der Waals surface area contributed by atoms with Gasteiger partial charge in [0.1, 0.15) is 5.92 Å². The maximum absolute atomic E-state index is 12.4.